The molecule has 0 saturated carbocycles. The molecule has 0 aliphatic heterocycles. The Morgan fingerprint density at radius 3 is 1.00 bits per heavy atom. The Balaban J connectivity index is 0. The zero-order valence-electron chi connectivity index (χ0n) is 2.63. The summed E-state index contributed by atoms with van der Waals surface area (Å²) in [6.45, 7) is 0. The van der Waals surface area contributed by atoms with Crippen LogP contribution in [0.1, 0.15) is 0 Å². The third-order valence-electron chi connectivity index (χ3n) is 0. The van der Waals surface area contributed by atoms with Gasteiger partial charge in [0.05, 0.1) is 0 Å². The molecule has 0 unspecified atom stereocenters. The van der Waals surface area contributed by atoms with Gasteiger partial charge < -0.3 is 0 Å². The van der Waals surface area contributed by atoms with Crippen molar-refractivity contribution in [3.63, 3.8) is 0 Å². The zero-order chi connectivity index (χ0) is 3.58. The van der Waals surface area contributed by atoms with Crippen molar-refractivity contribution in [1.82, 2.24) is 0 Å². The van der Waals surface area contributed by atoms with Crippen LogP contribution in [0.4, 0.5) is 0 Å². The Labute approximate surface area is 115 Å². The monoisotopic (exact) mass is 452 g/mol. The van der Waals surface area contributed by atoms with E-state index < -0.39 is 0 Å². The average Bonchev–Trinajstić information content (AvgIpc) is 0.811. The van der Waals surface area contributed by atoms with Gasteiger partial charge in [-0.05, 0) is 0 Å². The molecule has 0 spiro atoms. The maximum absolute atomic E-state index is 2.42. The van der Waals surface area contributed by atoms with Gasteiger partial charge in [-0.3, -0.25) is 0 Å². The van der Waals surface area contributed by atoms with Crippen LogP contribution in [0.25, 0.3) is 0 Å². The minimum Gasteiger partial charge on any atom is 0.173 e. The summed E-state index contributed by atoms with van der Waals surface area (Å²) in [6.07, 6.45) is 0. The molecule has 0 aliphatic rings. The van der Waals surface area contributed by atoms with E-state index in [4.69, 9.17) is 0 Å². The third-order valence-corrected chi connectivity index (χ3v) is 0. The summed E-state index contributed by atoms with van der Waals surface area (Å²) < 4.78 is 0.0304. The number of halogens is 3. The Bertz CT molecular complexity index is 11.6. The molecule has 5 heavy (non-hydrogen) atoms. The molecule has 0 aromatic carbocycles. The normalized spacial score (nSPS) is 7.20. The summed E-state index contributed by atoms with van der Waals surface area (Å²) in [5.41, 5.74) is 0. The second kappa shape index (κ2) is 8.26. The molecule has 0 heterocycles. The Hall–Kier alpha value is 4.26. The van der Waals surface area contributed by atoms with Gasteiger partial charge in [0.15, 0.2) is 67.0 Å². The van der Waals surface area contributed by atoms with Gasteiger partial charge in [0, 0.05) is 0 Å². The van der Waals surface area contributed by atoms with Gasteiger partial charge >= 0.3 is 51.4 Å². The summed E-state index contributed by atoms with van der Waals surface area (Å²) >= 11 is 7.26. The summed E-state index contributed by atoms with van der Waals surface area (Å²) in [6, 6.07) is 0. The van der Waals surface area contributed by atoms with E-state index in [-0.39, 0.29) is 52.2 Å². The van der Waals surface area contributed by atoms with Crippen molar-refractivity contribution in [3.05, 3.63) is 0 Å². The van der Waals surface area contributed by atoms with Crippen LogP contribution in [0.3, 0.4) is 0 Å². The first-order valence-electron chi connectivity index (χ1n) is 0.567. The molecule has 0 aliphatic carbocycles. The molecule has 0 nitrogen and oxygen atoms in total. The van der Waals surface area contributed by atoms with E-state index in [0.29, 0.717) is 0 Å². The summed E-state index contributed by atoms with van der Waals surface area (Å²) in [4.78, 5) is 0. The van der Waals surface area contributed by atoms with Crippen molar-refractivity contribution in [2.45, 2.75) is 0 Å². The van der Waals surface area contributed by atoms with E-state index in [9.17, 15) is 0 Å². The van der Waals surface area contributed by atoms with Crippen molar-refractivity contribution in [2.75, 3.05) is 0 Å². The minimum absolute atomic E-state index is 0. The molecule has 0 fully saturated rings. The quantitative estimate of drug-likeness (QED) is 0.281. The predicted molar refractivity (Wildman–Crippen MR) is 50.4 cm³/mol. The van der Waals surface area contributed by atoms with Crippen LogP contribution in [-0.4, -0.2) is 0 Å². The molecular weight excluding hydrogens is 451 g/mol. The molecule has 0 aromatic rings. The van der Waals surface area contributed by atoms with Gasteiger partial charge in [0.1, 0.15) is 0 Å². The second-order valence-electron chi connectivity index (χ2n) is 0.214. The van der Waals surface area contributed by atoms with Crippen molar-refractivity contribution < 1.29 is 51.4 Å². The van der Waals surface area contributed by atoms with E-state index in [2.05, 4.69) is 66.1 Å². The van der Waals surface area contributed by atoms with Crippen molar-refractivity contribution >= 4 is 67.0 Å². The largest absolute Gasteiger partial charge is 1.00 e. The Morgan fingerprint density at radius 1 is 1.00 bits per heavy atom. The molecule has 0 aromatic heterocycles. The molecule has 0 radical (unpaired) electrons. The van der Waals surface area contributed by atoms with Crippen molar-refractivity contribution in [3.8, 4) is 0 Å². The van der Waals surface area contributed by atoms with Gasteiger partial charge in [-0.25, -0.2) is 0 Å². The number of rotatable bonds is 0. The van der Waals surface area contributed by atoms with Crippen LogP contribution in [0.2, 0.25) is 0 Å². The molecule has 0 saturated heterocycles. The summed E-state index contributed by atoms with van der Waals surface area (Å²) in [5.74, 6) is 0. The fourth-order valence-corrected chi connectivity index (χ4v) is 0. The first-order chi connectivity index (χ1) is 1.73. The molecule has 0 amide bonds. The van der Waals surface area contributed by atoms with Gasteiger partial charge in [-0.15, -0.1) is 0 Å². The fourth-order valence-electron chi connectivity index (χ4n) is 0. The maximum atomic E-state index is 2.42. The van der Waals surface area contributed by atoms with E-state index in [1.54, 1.807) is 0 Å². The van der Waals surface area contributed by atoms with Crippen LogP contribution in [-0.2, 0) is 0 Å². The van der Waals surface area contributed by atoms with E-state index >= 15 is 0 Å². The van der Waals surface area contributed by atoms with E-state index in [0.717, 1.165) is 0 Å². The SMILES string of the molecule is I[PH+](I)I.[K+]. The zero-order valence-corrected chi connectivity index (χ0v) is 13.2. The molecule has 0 N–H and O–H groups in total. The Morgan fingerprint density at radius 2 is 1.00 bits per heavy atom. The first-order valence-corrected chi connectivity index (χ1v) is 11.4. The summed E-state index contributed by atoms with van der Waals surface area (Å²) in [7, 11) is 0. The van der Waals surface area contributed by atoms with Crippen molar-refractivity contribution in [2.24, 2.45) is 0 Å². The van der Waals surface area contributed by atoms with Crippen LogP contribution in [0, 0.1) is 0 Å². The molecule has 0 bridgehead atoms. The van der Waals surface area contributed by atoms with Gasteiger partial charge in [0.2, 0.25) is 0 Å². The first kappa shape index (κ1) is 12.0. The molecule has 26 valence electrons. The van der Waals surface area contributed by atoms with Crippen molar-refractivity contribution in [1.29, 1.82) is 0 Å². The predicted octanol–water partition coefficient (Wildman–Crippen LogP) is 0.255. The van der Waals surface area contributed by atoms with Gasteiger partial charge in [0.25, 0.3) is 0 Å². The van der Waals surface area contributed by atoms with E-state index in [1.165, 1.54) is 0 Å². The smallest absolute Gasteiger partial charge is 0.173 e. The maximum Gasteiger partial charge on any atom is 1.00 e. The second-order valence-corrected chi connectivity index (χ2v) is 28.9. The third kappa shape index (κ3) is 17.8. The van der Waals surface area contributed by atoms with Crippen LogP contribution < -0.4 is 51.4 Å². The topological polar surface area (TPSA) is 0 Å². The average molecular weight is 452 g/mol. The fraction of sp³-hybridized carbons (Fsp3) is 0. The summed E-state index contributed by atoms with van der Waals surface area (Å²) in [5, 5.41) is 0. The molecule has 0 rings (SSSR count). The number of hydrogen-bond acceptors (Lipinski definition) is 0. The molecular formula is HI3KP+2. The van der Waals surface area contributed by atoms with Crippen LogP contribution in [0.5, 0.6) is 0 Å². The van der Waals surface area contributed by atoms with E-state index in [1.807, 2.05) is 0 Å². The number of hydrogen-bond donors (Lipinski definition) is 0. The molecule has 5 heteroatoms. The standard InChI is InChI=1S/I3P.K/c1-4(2)3;/q;+1/p+1. The van der Waals surface area contributed by atoms with Gasteiger partial charge in [-0.2, -0.15) is 0 Å². The molecule has 0 atom stereocenters. The van der Waals surface area contributed by atoms with Crippen LogP contribution in [0.15, 0.2) is 0 Å². The minimum atomic E-state index is 0. The van der Waals surface area contributed by atoms with Crippen LogP contribution >= 0.6 is 67.0 Å². The Kier molecular flexibility index (Phi) is 19.8. The van der Waals surface area contributed by atoms with Gasteiger partial charge in [-0.1, -0.05) is 0 Å².